The lowest BCUT2D eigenvalue weighted by atomic mass is 10.1. The summed E-state index contributed by atoms with van der Waals surface area (Å²) in [7, 11) is 0. The van der Waals surface area contributed by atoms with Crippen molar-refractivity contribution in [2.24, 2.45) is 5.73 Å². The van der Waals surface area contributed by atoms with E-state index in [0.29, 0.717) is 0 Å². The molecule has 2 heterocycles. The highest BCUT2D eigenvalue weighted by molar-refractivity contribution is 7.09. The average molecular weight is 235 g/mol. The highest BCUT2D eigenvalue weighted by atomic mass is 32.1. The summed E-state index contributed by atoms with van der Waals surface area (Å²) < 4.78 is 2.15. The Bertz CT molecular complexity index is 419. The molecule has 2 rings (SSSR count). The van der Waals surface area contributed by atoms with Crippen molar-refractivity contribution in [2.75, 3.05) is 0 Å². The Kier molecular flexibility index (Phi) is 3.74. The molecule has 3 nitrogen and oxygen atoms in total. The van der Waals surface area contributed by atoms with E-state index in [-0.39, 0.29) is 6.04 Å². The summed E-state index contributed by atoms with van der Waals surface area (Å²) in [5.41, 5.74) is 6.13. The molecule has 1 atom stereocenters. The fraction of sp³-hybridized carbons (Fsp3) is 0.417. The summed E-state index contributed by atoms with van der Waals surface area (Å²) >= 11 is 1.77. The third kappa shape index (κ3) is 2.71. The first-order valence-corrected chi connectivity index (χ1v) is 6.45. The summed E-state index contributed by atoms with van der Waals surface area (Å²) in [5, 5.41) is 2.09. The van der Waals surface area contributed by atoms with E-state index in [9.17, 15) is 0 Å². The molecule has 2 aromatic rings. The largest absolute Gasteiger partial charge is 0.335 e. The van der Waals surface area contributed by atoms with E-state index in [4.69, 9.17) is 5.73 Å². The minimum atomic E-state index is 0.159. The average Bonchev–Trinajstić information content (AvgIpc) is 2.88. The lowest BCUT2D eigenvalue weighted by Crippen LogP contribution is -2.26. The molecule has 0 bridgehead atoms. The van der Waals surface area contributed by atoms with Crippen molar-refractivity contribution >= 4 is 11.3 Å². The number of nitrogens with zero attached hydrogens (tertiary/aromatic N) is 2. The van der Waals surface area contributed by atoms with Crippen LogP contribution >= 0.6 is 11.3 Å². The van der Waals surface area contributed by atoms with Crippen LogP contribution in [0.15, 0.2) is 29.9 Å². The Hall–Kier alpha value is -1.13. The van der Waals surface area contributed by atoms with Crippen LogP contribution in [0.25, 0.3) is 0 Å². The van der Waals surface area contributed by atoms with Crippen LogP contribution < -0.4 is 5.73 Å². The molecule has 0 aliphatic carbocycles. The Labute approximate surface area is 99.9 Å². The number of nitrogens with two attached hydrogens (primary N) is 1. The maximum Gasteiger partial charge on any atom is 0.110 e. The molecule has 2 aromatic heterocycles. The molecular weight excluding hydrogens is 218 g/mol. The summed E-state index contributed by atoms with van der Waals surface area (Å²) in [6.45, 7) is 3.08. The van der Waals surface area contributed by atoms with Gasteiger partial charge in [0.15, 0.2) is 0 Å². The van der Waals surface area contributed by atoms with E-state index < -0.39 is 0 Å². The number of aryl methyl sites for hydroxylation is 1. The zero-order valence-electron chi connectivity index (χ0n) is 9.47. The predicted molar refractivity (Wildman–Crippen MR) is 67.6 cm³/mol. The summed E-state index contributed by atoms with van der Waals surface area (Å²) in [6, 6.07) is 4.36. The zero-order chi connectivity index (χ0) is 11.4. The molecule has 0 radical (unpaired) electrons. The quantitative estimate of drug-likeness (QED) is 0.862. The van der Waals surface area contributed by atoms with Gasteiger partial charge >= 0.3 is 0 Å². The van der Waals surface area contributed by atoms with Gasteiger partial charge in [-0.3, -0.25) is 0 Å². The lowest BCUT2D eigenvalue weighted by molar-refractivity contribution is 0.605. The first kappa shape index (κ1) is 11.4. The highest BCUT2D eigenvalue weighted by Crippen LogP contribution is 2.12. The molecule has 2 N–H and O–H groups in total. The van der Waals surface area contributed by atoms with Gasteiger partial charge in [0.25, 0.3) is 0 Å². The molecule has 4 heteroatoms. The van der Waals surface area contributed by atoms with Gasteiger partial charge in [-0.2, -0.15) is 0 Å². The van der Waals surface area contributed by atoms with Crippen LogP contribution in [0.4, 0.5) is 0 Å². The summed E-state index contributed by atoms with van der Waals surface area (Å²) in [4.78, 5) is 5.69. The van der Waals surface area contributed by atoms with Crippen LogP contribution in [0.1, 0.15) is 17.6 Å². The number of hydrogen-bond donors (Lipinski definition) is 1. The van der Waals surface area contributed by atoms with Crippen LogP contribution in [-0.4, -0.2) is 15.6 Å². The maximum atomic E-state index is 6.13. The lowest BCUT2D eigenvalue weighted by Gasteiger charge is -2.11. The van der Waals surface area contributed by atoms with Gasteiger partial charge < -0.3 is 10.3 Å². The monoisotopic (exact) mass is 235 g/mol. The topological polar surface area (TPSA) is 43.8 Å². The van der Waals surface area contributed by atoms with Gasteiger partial charge in [0.2, 0.25) is 0 Å². The van der Waals surface area contributed by atoms with Crippen LogP contribution in [0.3, 0.4) is 0 Å². The Morgan fingerprint density at radius 3 is 3.06 bits per heavy atom. The number of hydrogen-bond acceptors (Lipinski definition) is 3. The Balaban J connectivity index is 1.94. The van der Waals surface area contributed by atoms with Gasteiger partial charge in [-0.25, -0.2) is 4.98 Å². The van der Waals surface area contributed by atoms with E-state index in [1.807, 2.05) is 12.4 Å². The van der Waals surface area contributed by atoms with Crippen molar-refractivity contribution < 1.29 is 0 Å². The molecule has 1 unspecified atom stereocenters. The third-order valence-corrected chi connectivity index (χ3v) is 3.53. The van der Waals surface area contributed by atoms with Gasteiger partial charge in [0.05, 0.1) is 0 Å². The summed E-state index contributed by atoms with van der Waals surface area (Å²) in [6.07, 6.45) is 5.64. The molecular formula is C12H17N3S. The number of imidazole rings is 1. The van der Waals surface area contributed by atoms with Crippen LogP contribution in [-0.2, 0) is 19.4 Å². The third-order valence-electron chi connectivity index (χ3n) is 2.63. The highest BCUT2D eigenvalue weighted by Gasteiger charge is 2.09. The second-order valence-electron chi connectivity index (χ2n) is 3.88. The first-order valence-electron chi connectivity index (χ1n) is 5.57. The minimum Gasteiger partial charge on any atom is -0.335 e. The molecule has 0 spiro atoms. The van der Waals surface area contributed by atoms with Gasteiger partial charge in [-0.05, 0) is 24.8 Å². The Morgan fingerprint density at radius 1 is 1.50 bits per heavy atom. The molecule has 0 saturated carbocycles. The van der Waals surface area contributed by atoms with Crippen molar-refractivity contribution in [1.29, 1.82) is 0 Å². The van der Waals surface area contributed by atoms with Crippen LogP contribution in [0.5, 0.6) is 0 Å². The molecule has 86 valence electrons. The van der Waals surface area contributed by atoms with Crippen molar-refractivity contribution in [2.45, 2.75) is 32.4 Å². The van der Waals surface area contributed by atoms with E-state index in [1.165, 1.54) is 4.88 Å². The van der Waals surface area contributed by atoms with Crippen molar-refractivity contribution in [3.05, 3.63) is 40.6 Å². The van der Waals surface area contributed by atoms with E-state index >= 15 is 0 Å². The molecule has 16 heavy (non-hydrogen) atoms. The zero-order valence-corrected chi connectivity index (χ0v) is 10.3. The normalized spacial score (nSPS) is 12.9. The smallest absolute Gasteiger partial charge is 0.110 e. The number of aromatic nitrogens is 2. The first-order chi connectivity index (χ1) is 7.79. The fourth-order valence-corrected chi connectivity index (χ4v) is 2.61. The van der Waals surface area contributed by atoms with E-state index in [0.717, 1.165) is 25.2 Å². The van der Waals surface area contributed by atoms with Gasteiger partial charge in [0.1, 0.15) is 5.82 Å². The van der Waals surface area contributed by atoms with Gasteiger partial charge in [0, 0.05) is 36.3 Å². The summed E-state index contributed by atoms with van der Waals surface area (Å²) in [5.74, 6) is 1.09. The molecule has 0 aromatic carbocycles. The van der Waals surface area contributed by atoms with Crippen molar-refractivity contribution in [3.63, 3.8) is 0 Å². The van der Waals surface area contributed by atoms with Crippen molar-refractivity contribution in [1.82, 2.24) is 9.55 Å². The molecule has 0 aliphatic rings. The minimum absolute atomic E-state index is 0.159. The second-order valence-corrected chi connectivity index (χ2v) is 4.91. The van der Waals surface area contributed by atoms with Gasteiger partial charge in [-0.1, -0.05) is 6.07 Å². The van der Waals surface area contributed by atoms with Crippen molar-refractivity contribution in [3.8, 4) is 0 Å². The molecule has 0 amide bonds. The van der Waals surface area contributed by atoms with E-state index in [1.54, 1.807) is 11.3 Å². The maximum absolute atomic E-state index is 6.13. The fourth-order valence-electron chi connectivity index (χ4n) is 1.81. The van der Waals surface area contributed by atoms with Gasteiger partial charge in [-0.15, -0.1) is 11.3 Å². The van der Waals surface area contributed by atoms with E-state index in [2.05, 4.69) is 34.0 Å². The molecule has 0 fully saturated rings. The van der Waals surface area contributed by atoms with Crippen LogP contribution in [0.2, 0.25) is 0 Å². The number of rotatable bonds is 5. The van der Waals surface area contributed by atoms with Crippen LogP contribution in [0, 0.1) is 0 Å². The predicted octanol–water partition coefficient (Wildman–Crippen LogP) is 2.08. The second kappa shape index (κ2) is 5.27. The Morgan fingerprint density at radius 2 is 2.38 bits per heavy atom. The SMILES string of the molecule is CCn1ccnc1CC(N)Cc1cccs1. The molecule has 0 aliphatic heterocycles. The number of thiophene rings is 1. The standard InChI is InChI=1S/C12H17N3S/c1-2-15-6-5-14-12(15)9-10(13)8-11-4-3-7-16-11/h3-7,10H,2,8-9,13H2,1H3. The molecule has 0 saturated heterocycles.